The Bertz CT molecular complexity index is 535. The van der Waals surface area contributed by atoms with Gasteiger partial charge in [0.15, 0.2) is 5.96 Å². The van der Waals surface area contributed by atoms with E-state index < -0.39 is 0 Å². The third-order valence-electron chi connectivity index (χ3n) is 4.80. The number of benzene rings is 1. The average Bonchev–Trinajstić information content (AvgIpc) is 3.27. The lowest BCUT2D eigenvalue weighted by Gasteiger charge is -2.33. The molecule has 1 N–H and O–H groups in total. The van der Waals surface area contributed by atoms with Gasteiger partial charge in [-0.15, -0.1) is 0 Å². The predicted octanol–water partition coefficient (Wildman–Crippen LogP) is 3.38. The highest BCUT2D eigenvalue weighted by atomic mass is 19.1. The maximum absolute atomic E-state index is 13.9. The molecule has 0 radical (unpaired) electrons. The third-order valence-corrected chi connectivity index (χ3v) is 4.80. The van der Waals surface area contributed by atoms with Gasteiger partial charge in [-0.05, 0) is 43.7 Å². The van der Waals surface area contributed by atoms with Gasteiger partial charge < -0.3 is 10.2 Å². The minimum atomic E-state index is -0.0856. The van der Waals surface area contributed by atoms with Crippen molar-refractivity contribution in [1.29, 1.82) is 0 Å². The van der Waals surface area contributed by atoms with Gasteiger partial charge in [-0.1, -0.05) is 25.1 Å². The van der Waals surface area contributed by atoms with Crippen molar-refractivity contribution in [3.8, 4) is 0 Å². The van der Waals surface area contributed by atoms with Gasteiger partial charge in [0, 0.05) is 31.6 Å². The Labute approximate surface area is 132 Å². The minimum Gasteiger partial charge on any atom is -0.353 e. The highest BCUT2D eigenvalue weighted by Crippen LogP contribution is 2.42. The van der Waals surface area contributed by atoms with Crippen LogP contribution < -0.4 is 5.32 Å². The van der Waals surface area contributed by atoms with Crippen LogP contribution in [0.5, 0.6) is 0 Å². The summed E-state index contributed by atoms with van der Waals surface area (Å²) in [6, 6.07) is 7.45. The van der Waals surface area contributed by atoms with Crippen LogP contribution >= 0.6 is 0 Å². The van der Waals surface area contributed by atoms with E-state index in [9.17, 15) is 4.39 Å². The molecule has 3 rings (SSSR count). The monoisotopic (exact) mass is 303 g/mol. The minimum absolute atomic E-state index is 0.0856. The number of hydrogen-bond donors (Lipinski definition) is 1. The van der Waals surface area contributed by atoms with E-state index >= 15 is 0 Å². The summed E-state index contributed by atoms with van der Waals surface area (Å²) in [5.74, 6) is 2.02. The Morgan fingerprint density at radius 2 is 2.05 bits per heavy atom. The van der Waals surface area contributed by atoms with Crippen LogP contribution in [-0.4, -0.2) is 36.5 Å². The average molecular weight is 303 g/mol. The molecule has 2 atom stereocenters. The molecule has 1 aliphatic carbocycles. The molecule has 22 heavy (non-hydrogen) atoms. The van der Waals surface area contributed by atoms with Crippen molar-refractivity contribution in [2.45, 2.75) is 45.1 Å². The van der Waals surface area contributed by atoms with Gasteiger partial charge in [0.2, 0.25) is 0 Å². The number of hydrogen-bond acceptors (Lipinski definition) is 1. The van der Waals surface area contributed by atoms with Gasteiger partial charge in [0.25, 0.3) is 0 Å². The van der Waals surface area contributed by atoms with Crippen molar-refractivity contribution in [2.75, 3.05) is 19.6 Å². The number of piperidine rings is 1. The maximum Gasteiger partial charge on any atom is 0.194 e. The van der Waals surface area contributed by atoms with Gasteiger partial charge in [0.1, 0.15) is 5.82 Å². The molecule has 120 valence electrons. The lowest BCUT2D eigenvalue weighted by atomic mass is 9.99. The summed E-state index contributed by atoms with van der Waals surface area (Å²) in [6.45, 7) is 7.31. The van der Waals surface area contributed by atoms with Crippen LogP contribution in [-0.2, 0) is 0 Å². The van der Waals surface area contributed by atoms with Crippen molar-refractivity contribution in [3.05, 3.63) is 35.6 Å². The molecule has 1 heterocycles. The molecule has 3 nitrogen and oxygen atoms in total. The van der Waals surface area contributed by atoms with Crippen molar-refractivity contribution < 1.29 is 4.39 Å². The number of halogens is 1. The number of aliphatic imine (C=N–C) groups is 1. The second-order valence-corrected chi connectivity index (χ2v) is 6.58. The van der Waals surface area contributed by atoms with E-state index in [2.05, 4.69) is 29.1 Å². The van der Waals surface area contributed by atoms with Crippen molar-refractivity contribution >= 4 is 5.96 Å². The predicted molar refractivity (Wildman–Crippen MR) is 88.6 cm³/mol. The van der Waals surface area contributed by atoms with Gasteiger partial charge in [-0.25, -0.2) is 4.39 Å². The van der Waals surface area contributed by atoms with Crippen LogP contribution in [0.3, 0.4) is 0 Å². The Kier molecular flexibility index (Phi) is 4.65. The molecule has 1 saturated carbocycles. The normalized spacial score (nSPS) is 26.1. The lowest BCUT2D eigenvalue weighted by Crippen LogP contribution is -2.46. The van der Waals surface area contributed by atoms with E-state index in [1.807, 2.05) is 12.1 Å². The molecule has 1 aromatic carbocycles. The zero-order valence-corrected chi connectivity index (χ0v) is 13.6. The molecule has 2 unspecified atom stereocenters. The Morgan fingerprint density at radius 1 is 1.32 bits per heavy atom. The summed E-state index contributed by atoms with van der Waals surface area (Å²) in [6.07, 6.45) is 3.45. The first-order valence-corrected chi connectivity index (χ1v) is 8.49. The fraction of sp³-hybridized carbons (Fsp3) is 0.611. The van der Waals surface area contributed by atoms with Crippen molar-refractivity contribution in [3.63, 3.8) is 0 Å². The molecule has 2 aliphatic rings. The molecule has 1 aliphatic heterocycles. The SMILES string of the molecule is CCN=C(NC1CC1c1ccccc1F)N1CCC(C)CC1. The molecule has 0 amide bonds. The summed E-state index contributed by atoms with van der Waals surface area (Å²) in [4.78, 5) is 7.00. The van der Waals surface area contributed by atoms with Crippen LogP contribution in [0.1, 0.15) is 44.6 Å². The molecule has 0 aromatic heterocycles. The number of likely N-dealkylation sites (tertiary alicyclic amines) is 1. The van der Waals surface area contributed by atoms with E-state index in [1.54, 1.807) is 12.1 Å². The molecular weight excluding hydrogens is 277 g/mol. The summed E-state index contributed by atoms with van der Waals surface area (Å²) in [7, 11) is 0. The van der Waals surface area contributed by atoms with Crippen LogP contribution in [0.25, 0.3) is 0 Å². The molecule has 1 aromatic rings. The van der Waals surface area contributed by atoms with Crippen LogP contribution in [0, 0.1) is 11.7 Å². The van der Waals surface area contributed by atoms with Crippen LogP contribution in [0.2, 0.25) is 0 Å². The Balaban J connectivity index is 1.62. The Hall–Kier alpha value is -1.58. The lowest BCUT2D eigenvalue weighted by molar-refractivity contribution is 0.273. The fourth-order valence-corrected chi connectivity index (χ4v) is 3.25. The van der Waals surface area contributed by atoms with Crippen LogP contribution in [0.4, 0.5) is 4.39 Å². The van der Waals surface area contributed by atoms with E-state index in [0.29, 0.717) is 6.04 Å². The summed E-state index contributed by atoms with van der Waals surface area (Å²) >= 11 is 0. The maximum atomic E-state index is 13.9. The molecular formula is C18H26FN3. The number of rotatable bonds is 3. The van der Waals surface area contributed by atoms with E-state index in [-0.39, 0.29) is 11.7 Å². The zero-order valence-electron chi connectivity index (χ0n) is 13.6. The standard InChI is InChI=1S/C18H26FN3/c1-3-20-18(22-10-8-13(2)9-11-22)21-17-12-15(17)14-6-4-5-7-16(14)19/h4-7,13,15,17H,3,8-12H2,1-2H3,(H,20,21). The first kappa shape index (κ1) is 15.3. The molecule has 2 fully saturated rings. The van der Waals surface area contributed by atoms with E-state index in [4.69, 9.17) is 0 Å². The summed E-state index contributed by atoms with van der Waals surface area (Å²) in [5.41, 5.74) is 0.836. The van der Waals surface area contributed by atoms with Crippen molar-refractivity contribution in [2.24, 2.45) is 10.9 Å². The van der Waals surface area contributed by atoms with E-state index in [0.717, 1.165) is 43.5 Å². The quantitative estimate of drug-likeness (QED) is 0.685. The zero-order chi connectivity index (χ0) is 15.5. The first-order valence-electron chi connectivity index (χ1n) is 8.49. The smallest absolute Gasteiger partial charge is 0.194 e. The highest BCUT2D eigenvalue weighted by Gasteiger charge is 2.41. The summed E-state index contributed by atoms with van der Waals surface area (Å²) in [5, 5.41) is 3.56. The molecule has 4 heteroatoms. The number of nitrogens with one attached hydrogen (secondary N) is 1. The van der Waals surface area contributed by atoms with Gasteiger partial charge in [-0.3, -0.25) is 4.99 Å². The van der Waals surface area contributed by atoms with Crippen molar-refractivity contribution in [1.82, 2.24) is 10.2 Å². The van der Waals surface area contributed by atoms with Crippen LogP contribution in [0.15, 0.2) is 29.3 Å². The molecule has 1 saturated heterocycles. The van der Waals surface area contributed by atoms with Gasteiger partial charge in [0.05, 0.1) is 0 Å². The topological polar surface area (TPSA) is 27.6 Å². The second kappa shape index (κ2) is 6.67. The van der Waals surface area contributed by atoms with Gasteiger partial charge in [-0.2, -0.15) is 0 Å². The third kappa shape index (κ3) is 3.42. The number of guanidine groups is 1. The first-order chi connectivity index (χ1) is 10.7. The summed E-state index contributed by atoms with van der Waals surface area (Å²) < 4.78 is 13.9. The van der Waals surface area contributed by atoms with E-state index in [1.165, 1.54) is 12.8 Å². The van der Waals surface area contributed by atoms with Gasteiger partial charge >= 0.3 is 0 Å². The number of nitrogens with zero attached hydrogens (tertiary/aromatic N) is 2. The largest absolute Gasteiger partial charge is 0.353 e. The second-order valence-electron chi connectivity index (χ2n) is 6.58. The molecule has 0 bridgehead atoms. The Morgan fingerprint density at radius 3 is 2.73 bits per heavy atom. The molecule has 0 spiro atoms. The highest BCUT2D eigenvalue weighted by molar-refractivity contribution is 5.81. The fourth-order valence-electron chi connectivity index (χ4n) is 3.25.